The fourth-order valence-electron chi connectivity index (χ4n) is 2.20. The van der Waals surface area contributed by atoms with Crippen molar-refractivity contribution in [1.29, 1.82) is 0 Å². The quantitative estimate of drug-likeness (QED) is 0.412. The van der Waals surface area contributed by atoms with Crippen molar-refractivity contribution in [1.82, 2.24) is 14.8 Å². The average Bonchev–Trinajstić information content (AvgIpc) is 3.27. The molecule has 0 N–H and O–H groups in total. The normalized spacial score (nSPS) is 14.0. The van der Waals surface area contributed by atoms with Crippen molar-refractivity contribution < 1.29 is 4.74 Å². The first-order chi connectivity index (χ1) is 10.8. The van der Waals surface area contributed by atoms with E-state index in [9.17, 15) is 0 Å². The molecule has 3 rings (SSSR count). The van der Waals surface area contributed by atoms with Gasteiger partial charge >= 0.3 is 0 Å². The molecule has 1 aromatic carbocycles. The van der Waals surface area contributed by atoms with Crippen LogP contribution in [0.4, 0.5) is 0 Å². The van der Waals surface area contributed by atoms with Gasteiger partial charge in [-0.25, -0.2) is 0 Å². The van der Waals surface area contributed by atoms with Crippen molar-refractivity contribution in [2.45, 2.75) is 30.5 Å². The van der Waals surface area contributed by atoms with Gasteiger partial charge in [0.1, 0.15) is 11.6 Å². The van der Waals surface area contributed by atoms with Gasteiger partial charge in [0.25, 0.3) is 0 Å². The topological polar surface area (TPSA) is 39.9 Å². The van der Waals surface area contributed by atoms with Crippen molar-refractivity contribution in [3.63, 3.8) is 0 Å². The predicted octanol–water partition coefficient (Wildman–Crippen LogP) is 4.17. The van der Waals surface area contributed by atoms with Gasteiger partial charge in [0, 0.05) is 23.2 Å². The Kier molecular flexibility index (Phi) is 5.05. The van der Waals surface area contributed by atoms with Gasteiger partial charge in [-0.1, -0.05) is 35.5 Å². The Balaban J connectivity index is 1.54. The number of thioether (sulfide) groups is 1. The third-order valence-corrected chi connectivity index (χ3v) is 4.55. The summed E-state index contributed by atoms with van der Waals surface area (Å²) in [6.45, 7) is 5.18. The number of rotatable bonds is 8. The molecule has 0 spiro atoms. The monoisotopic (exact) mass is 335 g/mol. The minimum atomic E-state index is 0.588. The van der Waals surface area contributed by atoms with Crippen LogP contribution in [-0.4, -0.2) is 27.1 Å². The van der Waals surface area contributed by atoms with Gasteiger partial charge < -0.3 is 9.30 Å². The lowest BCUT2D eigenvalue weighted by Crippen LogP contribution is -2.05. The lowest BCUT2D eigenvalue weighted by atomic mass is 10.3. The van der Waals surface area contributed by atoms with Gasteiger partial charge in [-0.2, -0.15) is 0 Å². The molecule has 6 heteroatoms. The molecule has 2 aromatic rings. The first-order valence-electron chi connectivity index (χ1n) is 7.33. The standard InChI is InChI=1S/C16H18ClN3OS/c1-2-8-20-15(12-6-7-12)18-19-16(20)22-10-9-21-14-5-3-4-13(17)11-14/h2-5,11-12H,1,6-10H2. The molecule has 1 aliphatic carbocycles. The zero-order chi connectivity index (χ0) is 15.4. The van der Waals surface area contributed by atoms with Gasteiger partial charge in [0.15, 0.2) is 5.16 Å². The van der Waals surface area contributed by atoms with Crippen LogP contribution in [0.3, 0.4) is 0 Å². The number of halogens is 1. The molecule has 0 aliphatic heterocycles. The second kappa shape index (κ2) is 7.20. The Labute approximate surface area is 139 Å². The highest BCUT2D eigenvalue weighted by Gasteiger charge is 2.30. The highest BCUT2D eigenvalue weighted by Crippen LogP contribution is 2.40. The van der Waals surface area contributed by atoms with Crippen LogP contribution < -0.4 is 4.74 Å². The highest BCUT2D eigenvalue weighted by molar-refractivity contribution is 7.99. The lowest BCUT2D eigenvalue weighted by molar-refractivity contribution is 0.344. The maximum absolute atomic E-state index is 5.93. The van der Waals surface area contributed by atoms with Crippen LogP contribution in [0, 0.1) is 0 Å². The van der Waals surface area contributed by atoms with E-state index < -0.39 is 0 Å². The summed E-state index contributed by atoms with van der Waals surface area (Å²) in [4.78, 5) is 0. The fourth-order valence-corrected chi connectivity index (χ4v) is 3.15. The van der Waals surface area contributed by atoms with Gasteiger partial charge in [0.05, 0.1) is 6.61 Å². The smallest absolute Gasteiger partial charge is 0.191 e. The number of benzene rings is 1. The summed E-state index contributed by atoms with van der Waals surface area (Å²) in [5, 5.41) is 10.3. The summed E-state index contributed by atoms with van der Waals surface area (Å²) in [5.74, 6) is 3.29. The number of allylic oxidation sites excluding steroid dienone is 1. The van der Waals surface area contributed by atoms with Crippen LogP contribution in [0.5, 0.6) is 5.75 Å². The van der Waals surface area contributed by atoms with Crippen LogP contribution in [0.2, 0.25) is 5.02 Å². The zero-order valence-electron chi connectivity index (χ0n) is 12.2. The average molecular weight is 336 g/mol. The SMILES string of the molecule is C=CCn1c(SCCOc2cccc(Cl)c2)nnc1C1CC1. The largest absolute Gasteiger partial charge is 0.493 e. The first kappa shape index (κ1) is 15.4. The molecule has 0 atom stereocenters. The molecule has 0 amide bonds. The minimum absolute atomic E-state index is 0.588. The van der Waals surface area contributed by atoms with E-state index in [1.807, 2.05) is 30.3 Å². The van der Waals surface area contributed by atoms with E-state index in [0.29, 0.717) is 17.5 Å². The van der Waals surface area contributed by atoms with E-state index in [2.05, 4.69) is 21.3 Å². The second-order valence-electron chi connectivity index (χ2n) is 5.17. The van der Waals surface area contributed by atoms with Crippen LogP contribution >= 0.6 is 23.4 Å². The van der Waals surface area contributed by atoms with Crippen LogP contribution in [0.15, 0.2) is 42.1 Å². The molecular weight excluding hydrogens is 318 g/mol. The number of hydrogen-bond acceptors (Lipinski definition) is 4. The molecule has 1 aromatic heterocycles. The maximum Gasteiger partial charge on any atom is 0.191 e. The molecule has 22 heavy (non-hydrogen) atoms. The second-order valence-corrected chi connectivity index (χ2v) is 6.67. The molecular formula is C16H18ClN3OS. The van der Waals surface area contributed by atoms with Crippen molar-refractivity contribution in [2.75, 3.05) is 12.4 Å². The van der Waals surface area contributed by atoms with Crippen molar-refractivity contribution in [2.24, 2.45) is 0 Å². The number of aromatic nitrogens is 3. The molecule has 0 radical (unpaired) electrons. The number of ether oxygens (including phenoxy) is 1. The van der Waals surface area contributed by atoms with Gasteiger partial charge in [-0.15, -0.1) is 16.8 Å². The van der Waals surface area contributed by atoms with Crippen LogP contribution in [0.1, 0.15) is 24.6 Å². The maximum atomic E-state index is 5.93. The molecule has 0 bridgehead atoms. The molecule has 0 unspecified atom stereocenters. The Hall–Kier alpha value is -1.46. The van der Waals surface area contributed by atoms with E-state index in [-0.39, 0.29) is 0 Å². The summed E-state index contributed by atoms with van der Waals surface area (Å²) in [7, 11) is 0. The Morgan fingerprint density at radius 3 is 3.00 bits per heavy atom. The molecule has 116 valence electrons. The van der Waals surface area contributed by atoms with E-state index in [0.717, 1.165) is 29.0 Å². The summed E-state index contributed by atoms with van der Waals surface area (Å²) in [5.41, 5.74) is 0. The molecule has 1 heterocycles. The van der Waals surface area contributed by atoms with E-state index in [1.165, 1.54) is 12.8 Å². The zero-order valence-corrected chi connectivity index (χ0v) is 13.8. The lowest BCUT2D eigenvalue weighted by Gasteiger charge is -2.08. The molecule has 1 aliphatic rings. The van der Waals surface area contributed by atoms with Gasteiger partial charge in [-0.05, 0) is 31.0 Å². The Bertz CT molecular complexity index is 655. The summed E-state index contributed by atoms with van der Waals surface area (Å²) in [6.07, 6.45) is 4.33. The van der Waals surface area contributed by atoms with E-state index >= 15 is 0 Å². The fraction of sp³-hybridized carbons (Fsp3) is 0.375. The Morgan fingerprint density at radius 2 is 2.27 bits per heavy atom. The van der Waals surface area contributed by atoms with Gasteiger partial charge in [0.2, 0.25) is 0 Å². The van der Waals surface area contributed by atoms with Crippen molar-refractivity contribution >= 4 is 23.4 Å². The minimum Gasteiger partial charge on any atom is -0.493 e. The predicted molar refractivity (Wildman–Crippen MR) is 89.9 cm³/mol. The van der Waals surface area contributed by atoms with E-state index in [1.54, 1.807) is 11.8 Å². The molecule has 1 saturated carbocycles. The summed E-state index contributed by atoms with van der Waals surface area (Å²) in [6, 6.07) is 7.44. The number of nitrogens with zero attached hydrogens (tertiary/aromatic N) is 3. The van der Waals surface area contributed by atoms with Crippen LogP contribution in [0.25, 0.3) is 0 Å². The third-order valence-electron chi connectivity index (χ3n) is 3.38. The summed E-state index contributed by atoms with van der Waals surface area (Å²) >= 11 is 7.59. The number of hydrogen-bond donors (Lipinski definition) is 0. The highest BCUT2D eigenvalue weighted by atomic mass is 35.5. The van der Waals surface area contributed by atoms with E-state index in [4.69, 9.17) is 16.3 Å². The van der Waals surface area contributed by atoms with Crippen LogP contribution in [-0.2, 0) is 6.54 Å². The Morgan fingerprint density at radius 1 is 1.41 bits per heavy atom. The third kappa shape index (κ3) is 3.84. The molecule has 4 nitrogen and oxygen atoms in total. The molecule has 1 fully saturated rings. The van der Waals surface area contributed by atoms with Crippen molar-refractivity contribution in [3.05, 3.63) is 47.8 Å². The van der Waals surface area contributed by atoms with Gasteiger partial charge in [-0.3, -0.25) is 0 Å². The summed E-state index contributed by atoms with van der Waals surface area (Å²) < 4.78 is 7.85. The molecule has 0 saturated heterocycles. The first-order valence-corrected chi connectivity index (χ1v) is 8.69. The van der Waals surface area contributed by atoms with Crippen molar-refractivity contribution in [3.8, 4) is 5.75 Å².